The van der Waals surface area contributed by atoms with Gasteiger partial charge in [-0.3, -0.25) is 4.79 Å². The SMILES string of the molecule is Cc1cccc(OCCNC(=O)CSc2nnnn2C2CC2)c1. The van der Waals surface area contributed by atoms with E-state index in [1.165, 1.54) is 11.8 Å². The third kappa shape index (κ3) is 4.69. The molecule has 2 aromatic rings. The van der Waals surface area contributed by atoms with Crippen LogP contribution in [0, 0.1) is 6.92 Å². The highest BCUT2D eigenvalue weighted by atomic mass is 32.2. The molecule has 0 saturated heterocycles. The summed E-state index contributed by atoms with van der Waals surface area (Å²) >= 11 is 1.36. The molecule has 0 aliphatic heterocycles. The van der Waals surface area contributed by atoms with Crippen LogP contribution in [-0.4, -0.2) is 45.0 Å². The lowest BCUT2D eigenvalue weighted by Crippen LogP contribution is -2.29. The molecule has 1 aromatic heterocycles. The molecule has 0 bridgehead atoms. The predicted octanol–water partition coefficient (Wildman–Crippen LogP) is 1.60. The summed E-state index contributed by atoms with van der Waals surface area (Å²) in [5, 5.41) is 15.1. The van der Waals surface area contributed by atoms with E-state index in [1.807, 2.05) is 31.2 Å². The van der Waals surface area contributed by atoms with Crippen molar-refractivity contribution in [3.63, 3.8) is 0 Å². The van der Waals surface area contributed by atoms with Crippen molar-refractivity contribution < 1.29 is 9.53 Å². The van der Waals surface area contributed by atoms with E-state index in [4.69, 9.17) is 4.74 Å². The number of amides is 1. The van der Waals surface area contributed by atoms with Gasteiger partial charge in [0.05, 0.1) is 18.3 Å². The fraction of sp³-hybridized carbons (Fsp3) is 0.467. The maximum atomic E-state index is 11.8. The molecule has 3 rings (SSSR count). The van der Waals surface area contributed by atoms with E-state index < -0.39 is 0 Å². The van der Waals surface area contributed by atoms with Crippen LogP contribution in [0.25, 0.3) is 0 Å². The number of aryl methyl sites for hydroxylation is 1. The molecule has 1 aliphatic rings. The van der Waals surface area contributed by atoms with Gasteiger partial charge in [-0.1, -0.05) is 23.9 Å². The van der Waals surface area contributed by atoms with E-state index in [2.05, 4.69) is 20.8 Å². The van der Waals surface area contributed by atoms with Crippen LogP contribution < -0.4 is 10.1 Å². The van der Waals surface area contributed by atoms with Gasteiger partial charge in [-0.05, 0) is 47.9 Å². The number of carbonyl (C=O) groups is 1. The second-order valence-corrected chi connectivity index (χ2v) is 6.38. The Hall–Kier alpha value is -2.09. The number of thioether (sulfide) groups is 1. The number of nitrogens with one attached hydrogen (secondary N) is 1. The van der Waals surface area contributed by atoms with Crippen molar-refractivity contribution in [3.05, 3.63) is 29.8 Å². The molecule has 1 saturated carbocycles. The Kier molecular flexibility index (Phi) is 5.12. The van der Waals surface area contributed by atoms with Gasteiger partial charge in [0.25, 0.3) is 0 Å². The number of tetrazole rings is 1. The third-order valence-corrected chi connectivity index (χ3v) is 4.30. The quantitative estimate of drug-likeness (QED) is 0.584. The molecule has 1 fully saturated rings. The highest BCUT2D eigenvalue weighted by Crippen LogP contribution is 2.36. The average molecular weight is 333 g/mol. The standard InChI is InChI=1S/C15H19N5O2S/c1-11-3-2-4-13(9-11)22-8-7-16-14(21)10-23-15-17-18-19-20(15)12-5-6-12/h2-4,9,12H,5-8,10H2,1H3,(H,16,21). The van der Waals surface area contributed by atoms with Crippen LogP contribution in [0.1, 0.15) is 24.4 Å². The highest BCUT2D eigenvalue weighted by molar-refractivity contribution is 7.99. The largest absolute Gasteiger partial charge is 0.492 e. The molecule has 1 aliphatic carbocycles. The molecule has 1 amide bonds. The van der Waals surface area contributed by atoms with Crippen molar-refractivity contribution in [2.75, 3.05) is 18.9 Å². The molecule has 0 radical (unpaired) electrons. The third-order valence-electron chi connectivity index (χ3n) is 3.37. The average Bonchev–Trinajstić information content (AvgIpc) is 3.28. The number of carbonyl (C=O) groups excluding carboxylic acids is 1. The second kappa shape index (κ2) is 7.45. The van der Waals surface area contributed by atoms with Crippen molar-refractivity contribution in [3.8, 4) is 5.75 Å². The van der Waals surface area contributed by atoms with Gasteiger partial charge in [-0.25, -0.2) is 4.68 Å². The van der Waals surface area contributed by atoms with Gasteiger partial charge >= 0.3 is 0 Å². The number of rotatable bonds is 8. The van der Waals surface area contributed by atoms with Gasteiger partial charge < -0.3 is 10.1 Å². The van der Waals surface area contributed by atoms with Crippen molar-refractivity contribution in [2.24, 2.45) is 0 Å². The fourth-order valence-corrected chi connectivity index (χ4v) is 2.85. The Labute approximate surface area is 138 Å². The van der Waals surface area contributed by atoms with E-state index in [9.17, 15) is 4.79 Å². The van der Waals surface area contributed by atoms with Crippen molar-refractivity contribution in [1.29, 1.82) is 0 Å². The molecule has 0 spiro atoms. The maximum Gasteiger partial charge on any atom is 0.230 e. The Morgan fingerprint density at radius 3 is 3.13 bits per heavy atom. The van der Waals surface area contributed by atoms with Crippen LogP contribution >= 0.6 is 11.8 Å². The van der Waals surface area contributed by atoms with Crippen molar-refractivity contribution >= 4 is 17.7 Å². The number of hydrogen-bond acceptors (Lipinski definition) is 6. The van der Waals surface area contributed by atoms with Crippen LogP contribution in [0.4, 0.5) is 0 Å². The minimum Gasteiger partial charge on any atom is -0.492 e. The zero-order valence-corrected chi connectivity index (χ0v) is 13.8. The molecule has 1 heterocycles. The van der Waals surface area contributed by atoms with E-state index in [0.29, 0.717) is 30.1 Å². The fourth-order valence-electron chi connectivity index (χ4n) is 2.07. The summed E-state index contributed by atoms with van der Waals surface area (Å²) in [7, 11) is 0. The number of aromatic nitrogens is 4. The topological polar surface area (TPSA) is 81.9 Å². The first kappa shape index (κ1) is 15.8. The smallest absolute Gasteiger partial charge is 0.230 e. The zero-order chi connectivity index (χ0) is 16.1. The molecule has 122 valence electrons. The van der Waals surface area contributed by atoms with E-state index in [0.717, 1.165) is 24.2 Å². The molecule has 7 nitrogen and oxygen atoms in total. The van der Waals surface area contributed by atoms with Crippen molar-refractivity contribution in [2.45, 2.75) is 31.0 Å². The number of nitrogens with zero attached hydrogens (tertiary/aromatic N) is 4. The van der Waals surface area contributed by atoms with Crippen LogP contribution in [0.5, 0.6) is 5.75 Å². The first-order chi connectivity index (χ1) is 11.2. The first-order valence-electron chi connectivity index (χ1n) is 7.59. The Balaban J connectivity index is 1.34. The molecule has 0 atom stereocenters. The van der Waals surface area contributed by atoms with Crippen LogP contribution in [0.15, 0.2) is 29.4 Å². The molecule has 1 aromatic carbocycles. The summed E-state index contributed by atoms with van der Waals surface area (Å²) < 4.78 is 7.39. The first-order valence-corrected chi connectivity index (χ1v) is 8.58. The Bertz CT molecular complexity index is 671. The lowest BCUT2D eigenvalue weighted by atomic mass is 10.2. The summed E-state index contributed by atoms with van der Waals surface area (Å²) in [4.78, 5) is 11.8. The summed E-state index contributed by atoms with van der Waals surface area (Å²) in [5.41, 5.74) is 1.15. The molecular weight excluding hydrogens is 314 g/mol. The number of ether oxygens (including phenoxy) is 1. The molecular formula is C15H19N5O2S. The summed E-state index contributed by atoms with van der Waals surface area (Å²) in [6.07, 6.45) is 2.22. The minimum absolute atomic E-state index is 0.0480. The van der Waals surface area contributed by atoms with Gasteiger partial charge in [-0.2, -0.15) is 0 Å². The lowest BCUT2D eigenvalue weighted by Gasteiger charge is -2.08. The summed E-state index contributed by atoms with van der Waals surface area (Å²) in [6.45, 7) is 2.93. The number of benzene rings is 1. The van der Waals surface area contributed by atoms with Crippen LogP contribution in [-0.2, 0) is 4.79 Å². The van der Waals surface area contributed by atoms with Gasteiger partial charge in [0, 0.05) is 0 Å². The minimum atomic E-state index is -0.0480. The van der Waals surface area contributed by atoms with E-state index in [-0.39, 0.29) is 5.91 Å². The van der Waals surface area contributed by atoms with Gasteiger partial charge in [0.1, 0.15) is 12.4 Å². The van der Waals surface area contributed by atoms with E-state index >= 15 is 0 Å². The normalized spacial score (nSPS) is 13.8. The van der Waals surface area contributed by atoms with Gasteiger partial charge in [0.15, 0.2) is 0 Å². The second-order valence-electron chi connectivity index (χ2n) is 5.44. The van der Waals surface area contributed by atoms with Crippen LogP contribution in [0.2, 0.25) is 0 Å². The molecule has 1 N–H and O–H groups in total. The highest BCUT2D eigenvalue weighted by Gasteiger charge is 2.28. The molecule has 23 heavy (non-hydrogen) atoms. The zero-order valence-electron chi connectivity index (χ0n) is 12.9. The summed E-state index contributed by atoms with van der Waals surface area (Å²) in [5.74, 6) is 1.07. The maximum absolute atomic E-state index is 11.8. The number of hydrogen-bond donors (Lipinski definition) is 1. The van der Waals surface area contributed by atoms with Crippen LogP contribution in [0.3, 0.4) is 0 Å². The monoisotopic (exact) mass is 333 g/mol. The summed E-state index contributed by atoms with van der Waals surface area (Å²) in [6, 6.07) is 8.25. The molecule has 0 unspecified atom stereocenters. The Morgan fingerprint density at radius 1 is 1.48 bits per heavy atom. The lowest BCUT2D eigenvalue weighted by molar-refractivity contribution is -0.118. The van der Waals surface area contributed by atoms with Crippen molar-refractivity contribution in [1.82, 2.24) is 25.5 Å². The predicted molar refractivity (Wildman–Crippen MR) is 86.5 cm³/mol. The molecule has 8 heteroatoms. The Morgan fingerprint density at radius 2 is 2.35 bits per heavy atom. The van der Waals surface area contributed by atoms with Gasteiger partial charge in [-0.15, -0.1) is 5.10 Å². The van der Waals surface area contributed by atoms with Gasteiger partial charge in [0.2, 0.25) is 11.1 Å². The van der Waals surface area contributed by atoms with E-state index in [1.54, 1.807) is 4.68 Å².